The minimum atomic E-state index is -0.431. The van der Waals surface area contributed by atoms with Crippen molar-refractivity contribution in [1.29, 1.82) is 0 Å². The van der Waals surface area contributed by atoms with Crippen LogP contribution in [0.1, 0.15) is 22.8 Å². The van der Waals surface area contributed by atoms with Crippen molar-refractivity contribution in [2.75, 3.05) is 5.32 Å². The molecule has 0 aliphatic carbocycles. The molecule has 3 rings (SSSR count). The average Bonchev–Trinajstić information content (AvgIpc) is 3.07. The van der Waals surface area contributed by atoms with Crippen LogP contribution in [0, 0.1) is 0 Å². The molecule has 0 aliphatic heterocycles. The quantitative estimate of drug-likeness (QED) is 0.532. The number of hydrogen-bond donors (Lipinski definition) is 1. The van der Waals surface area contributed by atoms with Crippen LogP contribution in [0.2, 0.25) is 0 Å². The molecular formula is C18H17N5O2S. The van der Waals surface area contributed by atoms with E-state index >= 15 is 0 Å². The highest BCUT2D eigenvalue weighted by Crippen LogP contribution is 2.23. The Morgan fingerprint density at radius 2 is 1.77 bits per heavy atom. The third kappa shape index (κ3) is 3.97. The summed E-state index contributed by atoms with van der Waals surface area (Å²) in [4.78, 5) is 25.3. The number of anilines is 1. The first-order valence-electron chi connectivity index (χ1n) is 7.95. The van der Waals surface area contributed by atoms with Crippen LogP contribution in [0.4, 0.5) is 5.69 Å². The second-order valence-electron chi connectivity index (χ2n) is 5.58. The second-order valence-corrected chi connectivity index (χ2v) is 6.88. The van der Waals surface area contributed by atoms with Crippen molar-refractivity contribution in [1.82, 2.24) is 20.2 Å². The van der Waals surface area contributed by atoms with Crippen molar-refractivity contribution in [2.45, 2.75) is 17.3 Å². The summed E-state index contributed by atoms with van der Waals surface area (Å²) in [6.07, 6.45) is 0. The minimum absolute atomic E-state index is 0.140. The van der Waals surface area contributed by atoms with E-state index in [-0.39, 0.29) is 11.7 Å². The van der Waals surface area contributed by atoms with Crippen molar-refractivity contribution < 1.29 is 9.59 Å². The molecule has 0 saturated carbocycles. The number of aromatic nitrogens is 4. The van der Waals surface area contributed by atoms with Gasteiger partial charge in [-0.1, -0.05) is 54.2 Å². The number of carbonyl (C=O) groups excluding carboxylic acids is 2. The first-order valence-corrected chi connectivity index (χ1v) is 8.83. The molecule has 26 heavy (non-hydrogen) atoms. The maximum absolute atomic E-state index is 12.7. The molecule has 0 unspecified atom stereocenters. The molecule has 1 aromatic heterocycles. The first kappa shape index (κ1) is 17.8. The molecule has 0 bridgehead atoms. The standard InChI is InChI=1S/C18H17N5O2S/c1-12(26-18-20-21-22-23(18)2)17(25)19-15-11-7-6-10-14(15)16(24)13-8-4-3-5-9-13/h3-12H,1-2H3,(H,19,25)/t12-/m0/s1. The Bertz CT molecular complexity index is 926. The summed E-state index contributed by atoms with van der Waals surface area (Å²) >= 11 is 1.24. The van der Waals surface area contributed by atoms with Gasteiger partial charge in [0.1, 0.15) is 0 Å². The average molecular weight is 367 g/mol. The van der Waals surface area contributed by atoms with Crippen LogP contribution < -0.4 is 5.32 Å². The molecule has 8 heteroatoms. The van der Waals surface area contributed by atoms with E-state index < -0.39 is 5.25 Å². The molecular weight excluding hydrogens is 350 g/mol. The monoisotopic (exact) mass is 367 g/mol. The molecule has 132 valence electrons. The Kier molecular flexibility index (Phi) is 5.43. The van der Waals surface area contributed by atoms with Crippen molar-refractivity contribution in [2.24, 2.45) is 7.05 Å². The van der Waals surface area contributed by atoms with E-state index in [1.54, 1.807) is 50.4 Å². The summed E-state index contributed by atoms with van der Waals surface area (Å²) < 4.78 is 1.50. The van der Waals surface area contributed by atoms with Gasteiger partial charge < -0.3 is 5.32 Å². The molecule has 0 aliphatic rings. The Morgan fingerprint density at radius 3 is 2.46 bits per heavy atom. The van der Waals surface area contributed by atoms with Crippen LogP contribution in [-0.2, 0) is 11.8 Å². The summed E-state index contributed by atoms with van der Waals surface area (Å²) in [6, 6.07) is 15.9. The predicted molar refractivity (Wildman–Crippen MR) is 99.1 cm³/mol. The lowest BCUT2D eigenvalue weighted by Gasteiger charge is -2.13. The summed E-state index contributed by atoms with van der Waals surface area (Å²) in [5, 5.41) is 14.1. The highest BCUT2D eigenvalue weighted by Gasteiger charge is 2.20. The van der Waals surface area contributed by atoms with Crippen LogP contribution in [0.25, 0.3) is 0 Å². The summed E-state index contributed by atoms with van der Waals surface area (Å²) in [5.74, 6) is -0.370. The number of ketones is 1. The second kappa shape index (κ2) is 7.92. The van der Waals surface area contributed by atoms with Gasteiger partial charge in [0.25, 0.3) is 0 Å². The van der Waals surface area contributed by atoms with Crippen LogP contribution >= 0.6 is 11.8 Å². The largest absolute Gasteiger partial charge is 0.324 e. The molecule has 0 fully saturated rings. The van der Waals surface area contributed by atoms with E-state index in [9.17, 15) is 9.59 Å². The van der Waals surface area contributed by atoms with Gasteiger partial charge in [-0.05, 0) is 29.5 Å². The molecule has 2 aromatic carbocycles. The number of tetrazole rings is 1. The third-order valence-electron chi connectivity index (χ3n) is 3.70. The summed E-state index contributed by atoms with van der Waals surface area (Å²) in [5.41, 5.74) is 1.50. The lowest BCUT2D eigenvalue weighted by molar-refractivity contribution is -0.115. The van der Waals surface area contributed by atoms with E-state index in [0.717, 1.165) is 0 Å². The molecule has 7 nitrogen and oxygen atoms in total. The molecule has 1 atom stereocenters. The number of amides is 1. The maximum atomic E-state index is 12.7. The SMILES string of the molecule is C[C@H](Sc1nnnn1C)C(=O)Nc1ccccc1C(=O)c1ccccc1. The molecule has 1 heterocycles. The number of benzene rings is 2. The first-order chi connectivity index (χ1) is 12.6. The number of hydrogen-bond acceptors (Lipinski definition) is 6. The fourth-order valence-electron chi connectivity index (χ4n) is 2.30. The van der Waals surface area contributed by atoms with E-state index in [1.807, 2.05) is 18.2 Å². The van der Waals surface area contributed by atoms with E-state index in [1.165, 1.54) is 16.4 Å². The Labute approximate surface area is 154 Å². The van der Waals surface area contributed by atoms with Crippen molar-refractivity contribution in [3.05, 3.63) is 65.7 Å². The van der Waals surface area contributed by atoms with Gasteiger partial charge in [0.05, 0.1) is 10.9 Å². The van der Waals surface area contributed by atoms with Crippen LogP contribution in [-0.4, -0.2) is 37.1 Å². The number of para-hydroxylation sites is 1. The number of rotatable bonds is 6. The smallest absolute Gasteiger partial charge is 0.237 e. The predicted octanol–water partition coefficient (Wildman–Crippen LogP) is 2.56. The zero-order chi connectivity index (χ0) is 18.5. The number of nitrogens with one attached hydrogen (secondary N) is 1. The molecule has 1 N–H and O–H groups in total. The van der Waals surface area contributed by atoms with Gasteiger partial charge in [-0.15, -0.1) is 5.10 Å². The lowest BCUT2D eigenvalue weighted by atomic mass is 10.0. The molecule has 1 amide bonds. The highest BCUT2D eigenvalue weighted by molar-refractivity contribution is 8.00. The summed E-state index contributed by atoms with van der Waals surface area (Å²) in [7, 11) is 1.71. The van der Waals surface area contributed by atoms with Gasteiger partial charge in [-0.3, -0.25) is 9.59 Å². The van der Waals surface area contributed by atoms with Crippen LogP contribution in [0.3, 0.4) is 0 Å². The third-order valence-corrected chi connectivity index (χ3v) is 4.82. The summed E-state index contributed by atoms with van der Waals surface area (Å²) in [6.45, 7) is 1.76. The van der Waals surface area contributed by atoms with E-state index in [0.29, 0.717) is 22.0 Å². The fraction of sp³-hybridized carbons (Fsp3) is 0.167. The Balaban J connectivity index is 1.77. The number of thioether (sulfide) groups is 1. The van der Waals surface area contributed by atoms with Crippen LogP contribution in [0.5, 0.6) is 0 Å². The number of aryl methyl sites for hydroxylation is 1. The molecule has 0 radical (unpaired) electrons. The maximum Gasteiger partial charge on any atom is 0.237 e. The van der Waals surface area contributed by atoms with Gasteiger partial charge in [0, 0.05) is 18.2 Å². The highest BCUT2D eigenvalue weighted by atomic mass is 32.2. The van der Waals surface area contributed by atoms with Gasteiger partial charge in [0.2, 0.25) is 11.1 Å². The number of nitrogens with zero attached hydrogens (tertiary/aromatic N) is 4. The minimum Gasteiger partial charge on any atom is -0.324 e. The Hall–Kier alpha value is -3.00. The zero-order valence-corrected chi connectivity index (χ0v) is 15.1. The fourth-order valence-corrected chi connectivity index (χ4v) is 3.06. The molecule has 0 spiro atoms. The van der Waals surface area contributed by atoms with Crippen molar-refractivity contribution >= 4 is 29.1 Å². The number of carbonyl (C=O) groups is 2. The normalized spacial score (nSPS) is 11.8. The topological polar surface area (TPSA) is 89.8 Å². The van der Waals surface area contributed by atoms with Crippen molar-refractivity contribution in [3.8, 4) is 0 Å². The van der Waals surface area contributed by atoms with Gasteiger partial charge >= 0.3 is 0 Å². The van der Waals surface area contributed by atoms with E-state index in [2.05, 4.69) is 20.8 Å². The van der Waals surface area contributed by atoms with Crippen LogP contribution in [0.15, 0.2) is 59.8 Å². The zero-order valence-electron chi connectivity index (χ0n) is 14.3. The Morgan fingerprint density at radius 1 is 1.08 bits per heavy atom. The van der Waals surface area contributed by atoms with Gasteiger partial charge in [-0.25, -0.2) is 4.68 Å². The van der Waals surface area contributed by atoms with Gasteiger partial charge in [-0.2, -0.15) is 0 Å². The molecule has 0 saturated heterocycles. The van der Waals surface area contributed by atoms with Crippen molar-refractivity contribution in [3.63, 3.8) is 0 Å². The van der Waals surface area contributed by atoms with E-state index in [4.69, 9.17) is 0 Å². The van der Waals surface area contributed by atoms with Gasteiger partial charge in [0.15, 0.2) is 5.78 Å². The molecule has 3 aromatic rings. The lowest BCUT2D eigenvalue weighted by Crippen LogP contribution is -2.24.